The maximum atomic E-state index is 5.88. The molecule has 0 unspecified atom stereocenters. The van der Waals surface area contributed by atoms with Crippen molar-refractivity contribution in [3.05, 3.63) is 30.6 Å². The van der Waals surface area contributed by atoms with Gasteiger partial charge < -0.3 is 15.2 Å². The normalized spacial score (nSPS) is 10.6. The van der Waals surface area contributed by atoms with Gasteiger partial charge in [-0.25, -0.2) is 0 Å². The predicted octanol–water partition coefficient (Wildman–Crippen LogP) is 2.23. The molecule has 0 bridgehead atoms. The van der Waals surface area contributed by atoms with Crippen LogP contribution >= 0.6 is 0 Å². The Morgan fingerprint density at radius 2 is 2.06 bits per heavy atom. The molecule has 2 N–H and O–H groups in total. The van der Waals surface area contributed by atoms with Crippen LogP contribution in [0.4, 0.5) is 5.69 Å². The first kappa shape index (κ1) is 11.7. The van der Waals surface area contributed by atoms with E-state index in [1.165, 1.54) is 0 Å². The second-order valence-electron chi connectivity index (χ2n) is 3.62. The highest BCUT2D eigenvalue weighted by Gasteiger charge is 2.04. The van der Waals surface area contributed by atoms with E-state index in [9.17, 15) is 0 Å². The molecule has 0 aliphatic heterocycles. The molecule has 0 amide bonds. The molecule has 0 saturated heterocycles. The number of benzene rings is 1. The van der Waals surface area contributed by atoms with Crippen molar-refractivity contribution in [3.63, 3.8) is 0 Å². The molecule has 2 aromatic rings. The van der Waals surface area contributed by atoms with Crippen LogP contribution in [0.15, 0.2) is 30.6 Å². The number of rotatable bonds is 5. The molecule has 1 heterocycles. The highest BCUT2D eigenvalue weighted by molar-refractivity contribution is 5.96. The third kappa shape index (κ3) is 2.65. The van der Waals surface area contributed by atoms with Crippen LogP contribution < -0.4 is 10.5 Å². The summed E-state index contributed by atoms with van der Waals surface area (Å²) in [5, 5.41) is 1.90. The van der Waals surface area contributed by atoms with Gasteiger partial charge >= 0.3 is 0 Å². The molecule has 0 fully saturated rings. The molecule has 4 nitrogen and oxygen atoms in total. The first-order chi connectivity index (χ1) is 8.33. The first-order valence-electron chi connectivity index (χ1n) is 5.65. The first-order valence-corrected chi connectivity index (χ1v) is 5.65. The number of fused-ring (bicyclic) bond motifs is 1. The summed E-state index contributed by atoms with van der Waals surface area (Å²) in [7, 11) is 0. The Kier molecular flexibility index (Phi) is 3.77. The van der Waals surface area contributed by atoms with Crippen LogP contribution in [0.1, 0.15) is 6.92 Å². The zero-order valence-electron chi connectivity index (χ0n) is 9.85. The minimum absolute atomic E-state index is 0.537. The van der Waals surface area contributed by atoms with E-state index in [1.54, 1.807) is 12.4 Å². The summed E-state index contributed by atoms with van der Waals surface area (Å²) in [4.78, 5) is 4.06. The zero-order chi connectivity index (χ0) is 12.1. The van der Waals surface area contributed by atoms with Gasteiger partial charge in [-0.3, -0.25) is 4.98 Å². The number of hydrogen-bond acceptors (Lipinski definition) is 4. The van der Waals surface area contributed by atoms with Gasteiger partial charge in [0.15, 0.2) is 0 Å². The number of nitrogens with two attached hydrogens (primary N) is 1. The van der Waals surface area contributed by atoms with Crippen molar-refractivity contribution in [1.29, 1.82) is 0 Å². The van der Waals surface area contributed by atoms with Gasteiger partial charge in [-0.15, -0.1) is 0 Å². The largest absolute Gasteiger partial charge is 0.491 e. The van der Waals surface area contributed by atoms with Gasteiger partial charge in [-0.1, -0.05) is 0 Å². The molecule has 2 rings (SSSR count). The lowest BCUT2D eigenvalue weighted by molar-refractivity contribution is 0.111. The van der Waals surface area contributed by atoms with Gasteiger partial charge in [0.05, 0.1) is 6.61 Å². The van der Waals surface area contributed by atoms with Crippen LogP contribution in [-0.2, 0) is 4.74 Å². The zero-order valence-corrected chi connectivity index (χ0v) is 9.85. The van der Waals surface area contributed by atoms with Gasteiger partial charge in [0.1, 0.15) is 12.4 Å². The average molecular weight is 232 g/mol. The number of hydrogen-bond donors (Lipinski definition) is 1. The Balaban J connectivity index is 2.20. The maximum absolute atomic E-state index is 5.88. The standard InChI is InChI=1S/C13H16N2O2/c1-2-16-7-8-17-13-4-3-12(14)11-9-15-6-5-10(11)13/h3-6,9H,2,7-8,14H2,1H3. The van der Waals surface area contributed by atoms with Crippen molar-refractivity contribution in [3.8, 4) is 5.75 Å². The summed E-state index contributed by atoms with van der Waals surface area (Å²) >= 11 is 0. The molecule has 0 saturated carbocycles. The number of nitrogen functional groups attached to an aromatic ring is 1. The number of anilines is 1. The quantitative estimate of drug-likeness (QED) is 0.634. The van der Waals surface area contributed by atoms with E-state index in [0.29, 0.717) is 25.5 Å². The lowest BCUT2D eigenvalue weighted by atomic mass is 10.1. The lowest BCUT2D eigenvalue weighted by Crippen LogP contribution is -2.06. The Hall–Kier alpha value is -1.81. The fourth-order valence-electron chi connectivity index (χ4n) is 1.67. The van der Waals surface area contributed by atoms with Crippen LogP contribution in [0.2, 0.25) is 0 Å². The molecule has 90 valence electrons. The van der Waals surface area contributed by atoms with Crippen molar-refractivity contribution in [2.45, 2.75) is 6.92 Å². The molecule has 0 atom stereocenters. The van der Waals surface area contributed by atoms with Crippen LogP contribution in [-0.4, -0.2) is 24.8 Å². The molecule has 4 heteroatoms. The Morgan fingerprint density at radius 3 is 2.88 bits per heavy atom. The third-order valence-electron chi connectivity index (χ3n) is 2.50. The monoisotopic (exact) mass is 232 g/mol. The van der Waals surface area contributed by atoms with E-state index in [0.717, 1.165) is 16.5 Å². The predicted molar refractivity (Wildman–Crippen MR) is 68.1 cm³/mol. The number of aromatic nitrogens is 1. The molecule has 0 spiro atoms. The average Bonchev–Trinajstić information content (AvgIpc) is 2.37. The SMILES string of the molecule is CCOCCOc1ccc(N)c2cnccc12. The molecule has 0 radical (unpaired) electrons. The van der Waals surface area contributed by atoms with E-state index in [4.69, 9.17) is 15.2 Å². The molecular formula is C13H16N2O2. The Bertz CT molecular complexity index is 500. The second kappa shape index (κ2) is 5.50. The lowest BCUT2D eigenvalue weighted by Gasteiger charge is -2.10. The highest BCUT2D eigenvalue weighted by Crippen LogP contribution is 2.29. The molecule has 0 aliphatic carbocycles. The molecule has 0 aliphatic rings. The molecule has 17 heavy (non-hydrogen) atoms. The van der Waals surface area contributed by atoms with Gasteiger partial charge in [-0.2, -0.15) is 0 Å². The molecular weight excluding hydrogens is 216 g/mol. The summed E-state index contributed by atoms with van der Waals surface area (Å²) in [6, 6.07) is 5.62. The van der Waals surface area contributed by atoms with Crippen molar-refractivity contribution in [2.75, 3.05) is 25.6 Å². The summed E-state index contributed by atoms with van der Waals surface area (Å²) in [6.07, 6.45) is 3.48. The van der Waals surface area contributed by atoms with Crippen LogP contribution in [0.25, 0.3) is 10.8 Å². The van der Waals surface area contributed by atoms with Gasteiger partial charge in [0, 0.05) is 35.5 Å². The summed E-state index contributed by atoms with van der Waals surface area (Å²) in [5.41, 5.74) is 6.59. The van der Waals surface area contributed by atoms with Crippen molar-refractivity contribution < 1.29 is 9.47 Å². The second-order valence-corrected chi connectivity index (χ2v) is 3.62. The van der Waals surface area contributed by atoms with Crippen LogP contribution in [0, 0.1) is 0 Å². The smallest absolute Gasteiger partial charge is 0.127 e. The van der Waals surface area contributed by atoms with E-state index < -0.39 is 0 Å². The van der Waals surface area contributed by atoms with Gasteiger partial charge in [-0.05, 0) is 25.1 Å². The van der Waals surface area contributed by atoms with Gasteiger partial charge in [0.2, 0.25) is 0 Å². The van der Waals surface area contributed by atoms with E-state index in [2.05, 4.69) is 4.98 Å². The maximum Gasteiger partial charge on any atom is 0.127 e. The summed E-state index contributed by atoms with van der Waals surface area (Å²) < 4.78 is 10.9. The van der Waals surface area contributed by atoms with Crippen LogP contribution in [0.3, 0.4) is 0 Å². The third-order valence-corrected chi connectivity index (χ3v) is 2.50. The Morgan fingerprint density at radius 1 is 1.18 bits per heavy atom. The minimum Gasteiger partial charge on any atom is -0.491 e. The van der Waals surface area contributed by atoms with Crippen molar-refractivity contribution in [1.82, 2.24) is 4.98 Å². The fourth-order valence-corrected chi connectivity index (χ4v) is 1.67. The van der Waals surface area contributed by atoms with Crippen molar-refractivity contribution in [2.24, 2.45) is 0 Å². The van der Waals surface area contributed by atoms with E-state index >= 15 is 0 Å². The van der Waals surface area contributed by atoms with Crippen molar-refractivity contribution >= 4 is 16.5 Å². The van der Waals surface area contributed by atoms with E-state index in [-0.39, 0.29) is 0 Å². The number of ether oxygens (including phenoxy) is 2. The van der Waals surface area contributed by atoms with Gasteiger partial charge in [0.25, 0.3) is 0 Å². The number of nitrogens with zero attached hydrogens (tertiary/aromatic N) is 1. The topological polar surface area (TPSA) is 57.4 Å². The molecule has 1 aromatic heterocycles. The highest BCUT2D eigenvalue weighted by atomic mass is 16.5. The minimum atomic E-state index is 0.537. The molecule has 1 aromatic carbocycles. The Labute approximate surface area is 100 Å². The van der Waals surface area contributed by atoms with Crippen LogP contribution in [0.5, 0.6) is 5.75 Å². The van der Waals surface area contributed by atoms with E-state index in [1.807, 2.05) is 25.1 Å². The number of pyridine rings is 1. The fraction of sp³-hybridized carbons (Fsp3) is 0.308. The summed E-state index contributed by atoms with van der Waals surface area (Å²) in [6.45, 7) is 3.79. The summed E-state index contributed by atoms with van der Waals surface area (Å²) in [5.74, 6) is 0.816.